The lowest BCUT2D eigenvalue weighted by Crippen LogP contribution is -1.94. The molecule has 0 aliphatic heterocycles. The third kappa shape index (κ3) is 1.45. The van der Waals surface area contributed by atoms with Crippen molar-refractivity contribution in [3.05, 3.63) is 48.5 Å². The minimum Gasteiger partial charge on any atom is -0.263 e. The summed E-state index contributed by atoms with van der Waals surface area (Å²) in [7, 11) is 1.76. The van der Waals surface area contributed by atoms with Gasteiger partial charge in [0.25, 0.3) is 0 Å². The standard InChI is InChI=1S/C14H10N4/c1-18-14(6-15)13(9-17-18)12-8-16-7-10-4-2-3-5-11(10)12/h2-5,7-9H,1H3. The van der Waals surface area contributed by atoms with Crippen LogP contribution in [0.4, 0.5) is 0 Å². The van der Waals surface area contributed by atoms with Gasteiger partial charge in [0.2, 0.25) is 0 Å². The number of hydrogen-bond acceptors (Lipinski definition) is 3. The predicted molar refractivity (Wildman–Crippen MR) is 68.7 cm³/mol. The van der Waals surface area contributed by atoms with Crippen LogP contribution in [-0.2, 0) is 7.05 Å². The van der Waals surface area contributed by atoms with Crippen LogP contribution >= 0.6 is 0 Å². The van der Waals surface area contributed by atoms with E-state index in [1.165, 1.54) is 0 Å². The molecule has 0 saturated carbocycles. The maximum atomic E-state index is 9.19. The maximum Gasteiger partial charge on any atom is 0.146 e. The lowest BCUT2D eigenvalue weighted by Gasteiger charge is -2.04. The van der Waals surface area contributed by atoms with Gasteiger partial charge >= 0.3 is 0 Å². The van der Waals surface area contributed by atoms with Crippen LogP contribution in [0.5, 0.6) is 0 Å². The van der Waals surface area contributed by atoms with Crippen molar-refractivity contribution < 1.29 is 0 Å². The first-order chi connectivity index (χ1) is 8.81. The highest BCUT2D eigenvalue weighted by Crippen LogP contribution is 2.29. The molecule has 0 atom stereocenters. The van der Waals surface area contributed by atoms with Gasteiger partial charge in [-0.2, -0.15) is 10.4 Å². The quantitative estimate of drug-likeness (QED) is 0.650. The second kappa shape index (κ2) is 3.97. The van der Waals surface area contributed by atoms with Crippen molar-refractivity contribution >= 4 is 10.8 Å². The van der Waals surface area contributed by atoms with Crippen LogP contribution in [0.2, 0.25) is 0 Å². The van der Waals surface area contributed by atoms with Crippen LogP contribution in [0.3, 0.4) is 0 Å². The molecule has 2 aromatic heterocycles. The zero-order valence-corrected chi connectivity index (χ0v) is 9.83. The Morgan fingerprint density at radius 3 is 2.78 bits per heavy atom. The Hall–Kier alpha value is -2.67. The highest BCUT2D eigenvalue weighted by atomic mass is 15.3. The molecule has 0 saturated heterocycles. The molecular formula is C14H10N4. The molecule has 0 unspecified atom stereocenters. The van der Waals surface area contributed by atoms with Crippen molar-refractivity contribution in [3.63, 3.8) is 0 Å². The molecule has 0 aliphatic carbocycles. The third-order valence-electron chi connectivity index (χ3n) is 3.00. The Balaban J connectivity index is 2.36. The Bertz CT molecular complexity index is 760. The van der Waals surface area contributed by atoms with Gasteiger partial charge < -0.3 is 0 Å². The zero-order chi connectivity index (χ0) is 12.5. The Kier molecular flexibility index (Phi) is 2.31. The summed E-state index contributed by atoms with van der Waals surface area (Å²) in [6.07, 6.45) is 5.31. The van der Waals surface area contributed by atoms with Gasteiger partial charge in [0.15, 0.2) is 0 Å². The molecule has 3 rings (SSSR count). The van der Waals surface area contributed by atoms with Crippen molar-refractivity contribution in [2.75, 3.05) is 0 Å². The minimum atomic E-state index is 0.549. The molecule has 0 radical (unpaired) electrons. The van der Waals surface area contributed by atoms with Crippen molar-refractivity contribution in [2.24, 2.45) is 7.05 Å². The van der Waals surface area contributed by atoms with Crippen molar-refractivity contribution in [2.45, 2.75) is 0 Å². The number of aromatic nitrogens is 3. The summed E-state index contributed by atoms with van der Waals surface area (Å²) in [4.78, 5) is 4.23. The molecule has 4 heteroatoms. The van der Waals surface area contributed by atoms with Gasteiger partial charge in [-0.15, -0.1) is 0 Å². The van der Waals surface area contributed by atoms with Gasteiger partial charge in [0.05, 0.1) is 6.20 Å². The first-order valence-corrected chi connectivity index (χ1v) is 5.56. The molecule has 18 heavy (non-hydrogen) atoms. The number of pyridine rings is 1. The Morgan fingerprint density at radius 2 is 1.94 bits per heavy atom. The number of nitrogens with zero attached hydrogens (tertiary/aromatic N) is 4. The van der Waals surface area contributed by atoms with E-state index in [4.69, 9.17) is 0 Å². The molecular weight excluding hydrogens is 224 g/mol. The SMILES string of the molecule is Cn1ncc(-c2cncc3ccccc23)c1C#N. The van der Waals surface area contributed by atoms with E-state index in [1.54, 1.807) is 24.1 Å². The number of rotatable bonds is 1. The van der Waals surface area contributed by atoms with Gasteiger partial charge in [-0.3, -0.25) is 9.67 Å². The molecule has 3 aromatic rings. The fourth-order valence-electron chi connectivity index (χ4n) is 2.10. The first kappa shape index (κ1) is 10.5. The molecule has 2 heterocycles. The van der Waals surface area contributed by atoms with E-state index in [-0.39, 0.29) is 0 Å². The summed E-state index contributed by atoms with van der Waals surface area (Å²) in [5, 5.41) is 15.5. The summed E-state index contributed by atoms with van der Waals surface area (Å²) >= 11 is 0. The molecule has 0 fully saturated rings. The smallest absolute Gasteiger partial charge is 0.146 e. The normalized spacial score (nSPS) is 10.4. The summed E-state index contributed by atoms with van der Waals surface area (Å²) in [6, 6.07) is 10.2. The Morgan fingerprint density at radius 1 is 1.11 bits per heavy atom. The second-order valence-electron chi connectivity index (χ2n) is 4.05. The van der Waals surface area contributed by atoms with Crippen molar-refractivity contribution in [1.82, 2.24) is 14.8 Å². The molecule has 86 valence electrons. The summed E-state index contributed by atoms with van der Waals surface area (Å²) in [5.74, 6) is 0. The number of fused-ring (bicyclic) bond motifs is 1. The number of aryl methyl sites for hydroxylation is 1. The van der Waals surface area contributed by atoms with Crippen LogP contribution in [-0.4, -0.2) is 14.8 Å². The molecule has 0 aliphatic rings. The van der Waals surface area contributed by atoms with Gasteiger partial charge in [0, 0.05) is 36.0 Å². The second-order valence-corrected chi connectivity index (χ2v) is 4.05. The molecule has 0 amide bonds. The average molecular weight is 234 g/mol. The zero-order valence-electron chi connectivity index (χ0n) is 9.83. The van der Waals surface area contributed by atoms with Crippen LogP contribution < -0.4 is 0 Å². The van der Waals surface area contributed by atoms with E-state index in [9.17, 15) is 5.26 Å². The van der Waals surface area contributed by atoms with Crippen LogP contribution in [0, 0.1) is 11.3 Å². The largest absolute Gasteiger partial charge is 0.263 e. The Labute approximate surface area is 104 Å². The van der Waals surface area contributed by atoms with Crippen molar-refractivity contribution in [3.8, 4) is 17.2 Å². The first-order valence-electron chi connectivity index (χ1n) is 5.56. The summed E-state index contributed by atoms with van der Waals surface area (Å²) in [6.45, 7) is 0. The highest BCUT2D eigenvalue weighted by molar-refractivity contribution is 5.96. The molecule has 1 aromatic carbocycles. The van der Waals surface area contributed by atoms with Crippen LogP contribution in [0.15, 0.2) is 42.9 Å². The summed E-state index contributed by atoms with van der Waals surface area (Å²) in [5.41, 5.74) is 2.32. The monoisotopic (exact) mass is 234 g/mol. The van der Waals surface area contributed by atoms with Gasteiger partial charge in [0.1, 0.15) is 11.8 Å². The fourth-order valence-corrected chi connectivity index (χ4v) is 2.10. The van der Waals surface area contributed by atoms with E-state index in [0.717, 1.165) is 21.9 Å². The average Bonchev–Trinajstić information content (AvgIpc) is 2.79. The fraction of sp³-hybridized carbons (Fsp3) is 0.0714. The minimum absolute atomic E-state index is 0.549. The molecule has 0 N–H and O–H groups in total. The van der Waals surface area contributed by atoms with Crippen LogP contribution in [0.1, 0.15) is 5.69 Å². The molecule has 0 spiro atoms. The van der Waals surface area contributed by atoms with E-state index < -0.39 is 0 Å². The van der Waals surface area contributed by atoms with E-state index in [0.29, 0.717) is 5.69 Å². The predicted octanol–water partition coefficient (Wildman–Crippen LogP) is 2.51. The van der Waals surface area contributed by atoms with Crippen LogP contribution in [0.25, 0.3) is 21.9 Å². The number of benzene rings is 1. The van der Waals surface area contributed by atoms with Gasteiger partial charge in [-0.1, -0.05) is 24.3 Å². The lowest BCUT2D eigenvalue weighted by atomic mass is 10.0. The topological polar surface area (TPSA) is 54.5 Å². The van der Waals surface area contributed by atoms with Gasteiger partial charge in [-0.05, 0) is 5.39 Å². The van der Waals surface area contributed by atoms with E-state index in [1.807, 2.05) is 30.5 Å². The molecule has 0 bridgehead atoms. The maximum absolute atomic E-state index is 9.19. The van der Waals surface area contributed by atoms with Crippen molar-refractivity contribution in [1.29, 1.82) is 5.26 Å². The van der Waals surface area contributed by atoms with E-state index in [2.05, 4.69) is 16.2 Å². The molecule has 4 nitrogen and oxygen atoms in total. The number of hydrogen-bond donors (Lipinski definition) is 0. The number of nitriles is 1. The highest BCUT2D eigenvalue weighted by Gasteiger charge is 2.12. The third-order valence-corrected chi connectivity index (χ3v) is 3.00. The van der Waals surface area contributed by atoms with Gasteiger partial charge in [-0.25, -0.2) is 0 Å². The van der Waals surface area contributed by atoms with E-state index >= 15 is 0 Å². The summed E-state index contributed by atoms with van der Waals surface area (Å²) < 4.78 is 1.58. The lowest BCUT2D eigenvalue weighted by molar-refractivity contribution is 0.756.